The first-order valence-electron chi connectivity index (χ1n) is 10.5. The summed E-state index contributed by atoms with van der Waals surface area (Å²) < 4.78 is 11.8. The molecular weight excluding hydrogens is 354 g/mol. The van der Waals surface area contributed by atoms with Gasteiger partial charge in [0.25, 0.3) is 0 Å². The maximum Gasteiger partial charge on any atom is 0.163 e. The molecule has 6 heteroatoms. The molecule has 1 unspecified atom stereocenters. The zero-order valence-corrected chi connectivity index (χ0v) is 16.8. The van der Waals surface area contributed by atoms with E-state index in [0.29, 0.717) is 6.61 Å². The Labute approximate surface area is 166 Å². The molecule has 150 valence electrons. The Morgan fingerprint density at radius 2 is 2.11 bits per heavy atom. The first kappa shape index (κ1) is 18.0. The second-order valence-corrected chi connectivity index (χ2v) is 8.29. The van der Waals surface area contributed by atoms with Gasteiger partial charge < -0.3 is 14.8 Å². The predicted molar refractivity (Wildman–Crippen MR) is 109 cm³/mol. The van der Waals surface area contributed by atoms with Gasteiger partial charge in [-0.05, 0) is 56.1 Å². The van der Waals surface area contributed by atoms with Crippen molar-refractivity contribution in [3.63, 3.8) is 0 Å². The van der Waals surface area contributed by atoms with Crippen molar-refractivity contribution in [1.82, 2.24) is 10.0 Å². The minimum absolute atomic E-state index is 0.0918. The van der Waals surface area contributed by atoms with Gasteiger partial charge in [-0.15, -0.1) is 0 Å². The van der Waals surface area contributed by atoms with Crippen molar-refractivity contribution in [2.75, 3.05) is 39.2 Å². The van der Waals surface area contributed by atoms with Gasteiger partial charge in [0.2, 0.25) is 0 Å². The molecule has 0 bridgehead atoms. The van der Waals surface area contributed by atoms with E-state index >= 15 is 0 Å². The lowest BCUT2D eigenvalue weighted by Gasteiger charge is -2.18. The van der Waals surface area contributed by atoms with Crippen LogP contribution >= 0.6 is 0 Å². The number of nitrogens with one attached hydrogen (secondary N) is 1. The molecule has 2 fully saturated rings. The van der Waals surface area contributed by atoms with Crippen LogP contribution in [0.5, 0.6) is 11.5 Å². The largest absolute Gasteiger partial charge is 0.493 e. The number of nitrogens with zero attached hydrogens (tertiary/aromatic N) is 2. The number of aryl methyl sites for hydroxylation is 1. The molecule has 2 aliphatic carbocycles. The number of hydrogen-bond acceptors (Lipinski definition) is 6. The van der Waals surface area contributed by atoms with Crippen LogP contribution in [-0.2, 0) is 17.7 Å². The molecule has 0 amide bonds. The average molecular weight is 383 g/mol. The fourth-order valence-corrected chi connectivity index (χ4v) is 4.30. The molecular formula is C22H29N3O3. The summed E-state index contributed by atoms with van der Waals surface area (Å²) in [5.41, 5.74) is 4.88. The van der Waals surface area contributed by atoms with Crippen molar-refractivity contribution in [2.45, 2.75) is 44.6 Å². The average Bonchev–Trinajstić information content (AvgIpc) is 3.25. The number of methoxy groups -OCH3 is 1. The Bertz CT molecular complexity index is 881. The summed E-state index contributed by atoms with van der Waals surface area (Å²) in [6, 6.07) is 4.13. The van der Waals surface area contributed by atoms with Crippen LogP contribution in [0.4, 0.5) is 5.69 Å². The molecule has 1 aromatic heterocycles. The van der Waals surface area contributed by atoms with E-state index in [2.05, 4.69) is 11.4 Å². The quantitative estimate of drug-likeness (QED) is 0.789. The summed E-state index contributed by atoms with van der Waals surface area (Å²) >= 11 is 0. The Hall–Kier alpha value is -2.05. The van der Waals surface area contributed by atoms with Gasteiger partial charge in [0.1, 0.15) is 12.7 Å². The van der Waals surface area contributed by atoms with E-state index in [1.54, 1.807) is 7.11 Å². The van der Waals surface area contributed by atoms with Crippen molar-refractivity contribution in [2.24, 2.45) is 5.92 Å². The molecule has 0 radical (unpaired) electrons. The fraction of sp³-hybridized carbons (Fsp3) is 0.591. The minimum Gasteiger partial charge on any atom is -0.493 e. The highest BCUT2D eigenvalue weighted by Crippen LogP contribution is 2.40. The molecule has 3 aliphatic rings. The Kier molecular flexibility index (Phi) is 4.77. The summed E-state index contributed by atoms with van der Waals surface area (Å²) in [5.74, 6) is 2.33. The summed E-state index contributed by atoms with van der Waals surface area (Å²) in [4.78, 5) is 10.7. The third-order valence-corrected chi connectivity index (χ3v) is 6.08. The van der Waals surface area contributed by atoms with Gasteiger partial charge >= 0.3 is 0 Å². The highest BCUT2D eigenvalue weighted by atomic mass is 16.7. The van der Waals surface area contributed by atoms with E-state index in [-0.39, 0.29) is 6.10 Å². The van der Waals surface area contributed by atoms with E-state index in [1.807, 2.05) is 18.2 Å². The molecule has 2 aromatic rings. The number of pyridine rings is 1. The standard InChI is InChI=1S/C22H29N3O3/c1-25-9-8-15(28-25)13-27-21-11-19-17(10-20(21)26-2)22(23-12-14-6-7-14)16-4-3-5-18(16)24-19/h10-11,14-15H,3-9,12-13H2,1-2H3,(H,23,24). The lowest BCUT2D eigenvalue weighted by Crippen LogP contribution is -2.20. The first-order valence-corrected chi connectivity index (χ1v) is 10.5. The molecule has 1 atom stereocenters. The molecule has 1 aliphatic heterocycles. The number of benzene rings is 1. The number of anilines is 1. The van der Waals surface area contributed by atoms with Gasteiger partial charge in [0.05, 0.1) is 12.6 Å². The molecule has 28 heavy (non-hydrogen) atoms. The second-order valence-electron chi connectivity index (χ2n) is 8.29. The minimum atomic E-state index is 0.0918. The maximum atomic E-state index is 6.10. The van der Waals surface area contributed by atoms with Crippen LogP contribution in [0, 0.1) is 5.92 Å². The van der Waals surface area contributed by atoms with Crippen LogP contribution in [0.1, 0.15) is 36.9 Å². The van der Waals surface area contributed by atoms with Crippen molar-refractivity contribution in [1.29, 1.82) is 0 Å². The Balaban J connectivity index is 1.47. The molecule has 1 saturated heterocycles. The van der Waals surface area contributed by atoms with Crippen LogP contribution in [0.3, 0.4) is 0 Å². The van der Waals surface area contributed by atoms with Gasteiger partial charge in [0, 0.05) is 43.0 Å². The number of fused-ring (bicyclic) bond motifs is 2. The topological polar surface area (TPSA) is 55.8 Å². The van der Waals surface area contributed by atoms with E-state index in [0.717, 1.165) is 60.7 Å². The van der Waals surface area contributed by atoms with Crippen molar-refractivity contribution in [3.8, 4) is 11.5 Å². The summed E-state index contributed by atoms with van der Waals surface area (Å²) in [7, 11) is 3.66. The van der Waals surface area contributed by atoms with Crippen molar-refractivity contribution < 1.29 is 14.3 Å². The highest BCUT2D eigenvalue weighted by Gasteiger charge is 2.26. The van der Waals surface area contributed by atoms with Gasteiger partial charge in [-0.3, -0.25) is 9.82 Å². The number of rotatable bonds is 7. The second kappa shape index (κ2) is 7.41. The third-order valence-electron chi connectivity index (χ3n) is 6.08. The lowest BCUT2D eigenvalue weighted by atomic mass is 10.1. The summed E-state index contributed by atoms with van der Waals surface area (Å²) in [6.07, 6.45) is 7.12. The van der Waals surface area contributed by atoms with E-state index in [1.165, 1.54) is 36.2 Å². The van der Waals surface area contributed by atoms with Gasteiger partial charge in [-0.1, -0.05) is 0 Å². The molecule has 1 N–H and O–H groups in total. The predicted octanol–water partition coefficient (Wildman–Crippen LogP) is 3.57. The van der Waals surface area contributed by atoms with Crippen LogP contribution in [0.2, 0.25) is 0 Å². The maximum absolute atomic E-state index is 6.10. The van der Waals surface area contributed by atoms with E-state index < -0.39 is 0 Å². The molecule has 5 rings (SSSR count). The van der Waals surface area contributed by atoms with Crippen LogP contribution in [0.15, 0.2) is 12.1 Å². The van der Waals surface area contributed by atoms with Gasteiger partial charge in [-0.2, -0.15) is 5.06 Å². The van der Waals surface area contributed by atoms with Crippen molar-refractivity contribution >= 4 is 16.6 Å². The Morgan fingerprint density at radius 3 is 2.86 bits per heavy atom. The van der Waals surface area contributed by atoms with Crippen LogP contribution < -0.4 is 14.8 Å². The normalized spacial score (nSPS) is 21.9. The number of aromatic nitrogens is 1. The van der Waals surface area contributed by atoms with Gasteiger partial charge in [-0.25, -0.2) is 0 Å². The van der Waals surface area contributed by atoms with Crippen LogP contribution in [-0.4, -0.2) is 50.0 Å². The zero-order valence-electron chi connectivity index (χ0n) is 16.8. The first-order chi connectivity index (χ1) is 13.7. The SMILES string of the molecule is COc1cc2c(NCC3CC3)c3c(nc2cc1OCC1CCN(C)O1)CCC3. The molecule has 2 heterocycles. The highest BCUT2D eigenvalue weighted by molar-refractivity contribution is 5.96. The van der Waals surface area contributed by atoms with Crippen LogP contribution in [0.25, 0.3) is 10.9 Å². The molecule has 1 saturated carbocycles. The fourth-order valence-electron chi connectivity index (χ4n) is 4.30. The van der Waals surface area contributed by atoms with E-state index in [9.17, 15) is 0 Å². The lowest BCUT2D eigenvalue weighted by molar-refractivity contribution is -0.134. The zero-order chi connectivity index (χ0) is 19.1. The molecule has 1 aromatic carbocycles. The third kappa shape index (κ3) is 3.51. The number of hydrogen-bond donors (Lipinski definition) is 1. The Morgan fingerprint density at radius 1 is 1.21 bits per heavy atom. The van der Waals surface area contributed by atoms with Crippen molar-refractivity contribution in [3.05, 3.63) is 23.4 Å². The smallest absolute Gasteiger partial charge is 0.163 e. The summed E-state index contributed by atoms with van der Waals surface area (Å²) in [6.45, 7) is 2.51. The number of hydroxylamine groups is 2. The summed E-state index contributed by atoms with van der Waals surface area (Å²) in [5, 5.41) is 6.75. The number of ether oxygens (including phenoxy) is 2. The van der Waals surface area contributed by atoms with E-state index in [4.69, 9.17) is 19.3 Å². The molecule has 6 nitrogen and oxygen atoms in total. The monoisotopic (exact) mass is 383 g/mol. The van der Waals surface area contributed by atoms with Gasteiger partial charge in [0.15, 0.2) is 11.5 Å². The molecule has 0 spiro atoms.